The number of hydrogen-bond donors (Lipinski definition) is 1. The van der Waals surface area contributed by atoms with Gasteiger partial charge in [0.05, 0.1) is 0 Å². The van der Waals surface area contributed by atoms with Crippen molar-refractivity contribution < 1.29 is 18.6 Å². The van der Waals surface area contributed by atoms with Crippen LogP contribution in [0.4, 0.5) is 8.78 Å². The summed E-state index contributed by atoms with van der Waals surface area (Å²) in [6.45, 7) is -2.94. The molecule has 0 saturated carbocycles. The largest absolute Gasteiger partial charge is 0.434 e. The fourth-order valence-corrected chi connectivity index (χ4v) is 1.96. The molecule has 0 bridgehead atoms. The highest BCUT2D eigenvalue weighted by Crippen LogP contribution is 2.31. The van der Waals surface area contributed by atoms with E-state index in [9.17, 15) is 13.9 Å². The molecule has 2 nitrogen and oxygen atoms in total. The van der Waals surface area contributed by atoms with Gasteiger partial charge in [0.25, 0.3) is 0 Å². The van der Waals surface area contributed by atoms with Crippen LogP contribution < -0.4 is 4.74 Å². The van der Waals surface area contributed by atoms with Crippen molar-refractivity contribution >= 4 is 11.6 Å². The summed E-state index contributed by atoms with van der Waals surface area (Å²) in [6.07, 6.45) is -1.08. The van der Waals surface area contributed by atoms with Crippen LogP contribution in [0.5, 0.6) is 5.75 Å². The number of halogens is 3. The third-order valence-electron chi connectivity index (χ3n) is 2.59. The first-order valence-corrected chi connectivity index (χ1v) is 5.93. The standard InChI is InChI=1S/C14H11ClF2O2/c15-10-5-3-4-9(8-10)13(18)11-6-1-2-7-12(11)19-14(16)17/h1-8,13-14,18H. The van der Waals surface area contributed by atoms with Crippen LogP contribution in [0, 0.1) is 0 Å². The Labute approximate surface area is 114 Å². The first kappa shape index (κ1) is 13.8. The third kappa shape index (κ3) is 3.43. The number of ether oxygens (including phenoxy) is 1. The molecule has 0 fully saturated rings. The molecule has 0 aliphatic carbocycles. The zero-order valence-electron chi connectivity index (χ0n) is 9.76. The van der Waals surface area contributed by atoms with Gasteiger partial charge in [-0.1, -0.05) is 41.9 Å². The van der Waals surface area contributed by atoms with Crippen molar-refractivity contribution in [1.82, 2.24) is 0 Å². The SMILES string of the molecule is OC(c1cccc(Cl)c1)c1ccccc1OC(F)F. The monoisotopic (exact) mass is 284 g/mol. The van der Waals surface area contributed by atoms with E-state index < -0.39 is 12.7 Å². The first-order valence-electron chi connectivity index (χ1n) is 5.55. The lowest BCUT2D eigenvalue weighted by Crippen LogP contribution is -2.07. The lowest BCUT2D eigenvalue weighted by Gasteiger charge is -2.16. The summed E-state index contributed by atoms with van der Waals surface area (Å²) < 4.78 is 29.0. The molecule has 2 aromatic rings. The number of alkyl halides is 2. The second kappa shape index (κ2) is 5.99. The Kier molecular flexibility index (Phi) is 4.35. The van der Waals surface area contributed by atoms with E-state index in [1.165, 1.54) is 12.1 Å². The highest BCUT2D eigenvalue weighted by molar-refractivity contribution is 6.30. The molecule has 2 rings (SSSR count). The lowest BCUT2D eigenvalue weighted by molar-refractivity contribution is -0.0512. The first-order chi connectivity index (χ1) is 9.08. The highest BCUT2D eigenvalue weighted by atomic mass is 35.5. The Morgan fingerprint density at radius 1 is 1.05 bits per heavy atom. The van der Waals surface area contributed by atoms with E-state index >= 15 is 0 Å². The maximum absolute atomic E-state index is 12.3. The second-order valence-corrected chi connectivity index (χ2v) is 4.31. The van der Waals surface area contributed by atoms with Crippen LogP contribution >= 0.6 is 11.6 Å². The Morgan fingerprint density at radius 2 is 1.79 bits per heavy atom. The van der Waals surface area contributed by atoms with Gasteiger partial charge in [-0.15, -0.1) is 0 Å². The number of benzene rings is 2. The molecular weight excluding hydrogens is 274 g/mol. The van der Waals surface area contributed by atoms with E-state index in [2.05, 4.69) is 4.74 Å². The molecule has 0 heterocycles. The van der Waals surface area contributed by atoms with E-state index in [0.717, 1.165) is 0 Å². The predicted molar refractivity (Wildman–Crippen MR) is 68.6 cm³/mol. The summed E-state index contributed by atoms with van der Waals surface area (Å²) in [4.78, 5) is 0. The number of para-hydroxylation sites is 1. The van der Waals surface area contributed by atoms with E-state index in [1.54, 1.807) is 36.4 Å². The molecule has 19 heavy (non-hydrogen) atoms. The molecule has 0 saturated heterocycles. The van der Waals surface area contributed by atoms with E-state index in [1.807, 2.05) is 0 Å². The molecule has 0 aromatic heterocycles. The van der Waals surface area contributed by atoms with Gasteiger partial charge in [0, 0.05) is 10.6 Å². The quantitative estimate of drug-likeness (QED) is 0.919. The van der Waals surface area contributed by atoms with Crippen LogP contribution in [-0.2, 0) is 0 Å². The predicted octanol–water partition coefficient (Wildman–Crippen LogP) is 4.02. The van der Waals surface area contributed by atoms with Gasteiger partial charge in [-0.25, -0.2) is 0 Å². The van der Waals surface area contributed by atoms with Crippen molar-refractivity contribution in [2.75, 3.05) is 0 Å². The molecule has 0 aliphatic rings. The zero-order chi connectivity index (χ0) is 13.8. The molecule has 1 atom stereocenters. The van der Waals surface area contributed by atoms with Gasteiger partial charge < -0.3 is 9.84 Å². The molecular formula is C14H11ClF2O2. The average molecular weight is 285 g/mol. The summed E-state index contributed by atoms with van der Waals surface area (Å²) in [6, 6.07) is 12.7. The van der Waals surface area contributed by atoms with Crippen LogP contribution in [0.1, 0.15) is 17.2 Å². The topological polar surface area (TPSA) is 29.5 Å². The van der Waals surface area contributed by atoms with Gasteiger partial charge in [0.2, 0.25) is 0 Å². The molecule has 100 valence electrons. The van der Waals surface area contributed by atoms with Crippen molar-refractivity contribution in [3.63, 3.8) is 0 Å². The molecule has 0 spiro atoms. The van der Waals surface area contributed by atoms with Crippen LogP contribution in [0.2, 0.25) is 5.02 Å². The summed E-state index contributed by atoms with van der Waals surface area (Å²) in [5.74, 6) is -0.0509. The number of hydrogen-bond acceptors (Lipinski definition) is 2. The van der Waals surface area contributed by atoms with E-state index in [4.69, 9.17) is 11.6 Å². The summed E-state index contributed by atoms with van der Waals surface area (Å²) in [5, 5.41) is 10.7. The lowest BCUT2D eigenvalue weighted by atomic mass is 10.0. The summed E-state index contributed by atoms with van der Waals surface area (Å²) in [5.41, 5.74) is 0.780. The second-order valence-electron chi connectivity index (χ2n) is 3.87. The van der Waals surface area contributed by atoms with Gasteiger partial charge in [-0.05, 0) is 23.8 Å². The maximum Gasteiger partial charge on any atom is 0.387 e. The highest BCUT2D eigenvalue weighted by Gasteiger charge is 2.17. The molecule has 5 heteroatoms. The minimum Gasteiger partial charge on any atom is -0.434 e. The van der Waals surface area contributed by atoms with Crippen molar-refractivity contribution in [3.05, 3.63) is 64.7 Å². The van der Waals surface area contributed by atoms with Gasteiger partial charge in [-0.3, -0.25) is 0 Å². The van der Waals surface area contributed by atoms with Crippen molar-refractivity contribution in [2.24, 2.45) is 0 Å². The number of aliphatic hydroxyl groups is 1. The minimum absolute atomic E-state index is 0.0509. The zero-order valence-corrected chi connectivity index (χ0v) is 10.5. The van der Waals surface area contributed by atoms with Crippen LogP contribution in [0.3, 0.4) is 0 Å². The van der Waals surface area contributed by atoms with Crippen LogP contribution in [0.25, 0.3) is 0 Å². The Balaban J connectivity index is 2.35. The normalized spacial score (nSPS) is 12.5. The number of rotatable bonds is 4. The van der Waals surface area contributed by atoms with E-state index in [0.29, 0.717) is 10.6 Å². The van der Waals surface area contributed by atoms with Crippen molar-refractivity contribution in [3.8, 4) is 5.75 Å². The Hall–Kier alpha value is -1.65. The van der Waals surface area contributed by atoms with Gasteiger partial charge in [-0.2, -0.15) is 8.78 Å². The Morgan fingerprint density at radius 3 is 2.47 bits per heavy atom. The number of aliphatic hydroxyl groups excluding tert-OH is 1. The fraction of sp³-hybridized carbons (Fsp3) is 0.143. The smallest absolute Gasteiger partial charge is 0.387 e. The molecule has 2 aromatic carbocycles. The van der Waals surface area contributed by atoms with Crippen molar-refractivity contribution in [1.29, 1.82) is 0 Å². The van der Waals surface area contributed by atoms with Crippen LogP contribution in [-0.4, -0.2) is 11.7 Å². The third-order valence-corrected chi connectivity index (χ3v) is 2.83. The molecule has 0 radical (unpaired) electrons. The summed E-state index contributed by atoms with van der Waals surface area (Å²) >= 11 is 5.84. The average Bonchev–Trinajstić information content (AvgIpc) is 2.38. The molecule has 1 unspecified atom stereocenters. The molecule has 0 aliphatic heterocycles. The van der Waals surface area contributed by atoms with Crippen molar-refractivity contribution in [2.45, 2.75) is 12.7 Å². The molecule has 1 N–H and O–H groups in total. The van der Waals surface area contributed by atoms with Crippen LogP contribution in [0.15, 0.2) is 48.5 Å². The van der Waals surface area contributed by atoms with Gasteiger partial charge >= 0.3 is 6.61 Å². The fourth-order valence-electron chi connectivity index (χ4n) is 1.77. The van der Waals surface area contributed by atoms with Gasteiger partial charge in [0.15, 0.2) is 0 Å². The maximum atomic E-state index is 12.3. The summed E-state index contributed by atoms with van der Waals surface area (Å²) in [7, 11) is 0. The van der Waals surface area contributed by atoms with E-state index in [-0.39, 0.29) is 11.3 Å². The van der Waals surface area contributed by atoms with Gasteiger partial charge in [0.1, 0.15) is 11.9 Å². The minimum atomic E-state index is -2.94. The molecule has 0 amide bonds. The Bertz CT molecular complexity index is 561.